The lowest BCUT2D eigenvalue weighted by Crippen LogP contribution is -2.31. The Balaban J connectivity index is 1.59. The Morgan fingerprint density at radius 3 is 2.12 bits per heavy atom. The van der Waals surface area contributed by atoms with Gasteiger partial charge in [0.2, 0.25) is 0 Å². The monoisotopic (exact) mass is 239 g/mol. The molecule has 0 aromatic heterocycles. The van der Waals surface area contributed by atoms with E-state index in [0.29, 0.717) is 5.92 Å². The molecular formula is C15H29NO. The zero-order valence-electron chi connectivity index (χ0n) is 11.2. The summed E-state index contributed by atoms with van der Waals surface area (Å²) >= 11 is 0. The van der Waals surface area contributed by atoms with Crippen LogP contribution in [0.4, 0.5) is 0 Å². The van der Waals surface area contributed by atoms with Crippen molar-refractivity contribution in [1.29, 1.82) is 0 Å². The molecule has 2 N–H and O–H groups in total. The van der Waals surface area contributed by atoms with Crippen molar-refractivity contribution in [2.45, 2.75) is 70.3 Å². The van der Waals surface area contributed by atoms with Crippen molar-refractivity contribution in [3.8, 4) is 0 Å². The first kappa shape index (κ1) is 13.4. The molecular weight excluding hydrogens is 210 g/mol. The molecule has 2 rings (SSSR count). The van der Waals surface area contributed by atoms with Crippen LogP contribution in [0.5, 0.6) is 0 Å². The van der Waals surface area contributed by atoms with Crippen LogP contribution in [0.3, 0.4) is 0 Å². The molecule has 17 heavy (non-hydrogen) atoms. The van der Waals surface area contributed by atoms with E-state index in [4.69, 9.17) is 0 Å². The van der Waals surface area contributed by atoms with Gasteiger partial charge >= 0.3 is 0 Å². The van der Waals surface area contributed by atoms with Gasteiger partial charge < -0.3 is 10.4 Å². The summed E-state index contributed by atoms with van der Waals surface area (Å²) in [6.45, 7) is 2.22. The van der Waals surface area contributed by atoms with Crippen molar-refractivity contribution in [2.75, 3.05) is 13.1 Å². The van der Waals surface area contributed by atoms with Crippen LogP contribution >= 0.6 is 0 Å². The van der Waals surface area contributed by atoms with Gasteiger partial charge in [-0.15, -0.1) is 0 Å². The van der Waals surface area contributed by atoms with Gasteiger partial charge in [0.25, 0.3) is 0 Å². The van der Waals surface area contributed by atoms with Crippen LogP contribution in [-0.2, 0) is 0 Å². The maximum Gasteiger partial charge on any atom is 0.0580 e. The van der Waals surface area contributed by atoms with Gasteiger partial charge in [-0.2, -0.15) is 0 Å². The molecule has 2 nitrogen and oxygen atoms in total. The Morgan fingerprint density at radius 1 is 0.765 bits per heavy atom. The second-order valence-electron chi connectivity index (χ2n) is 6.13. The molecule has 0 aromatic rings. The molecule has 0 saturated heterocycles. The molecule has 0 bridgehead atoms. The van der Waals surface area contributed by atoms with E-state index in [1.807, 2.05) is 0 Å². The summed E-state index contributed by atoms with van der Waals surface area (Å²) in [4.78, 5) is 0. The van der Waals surface area contributed by atoms with E-state index in [2.05, 4.69) is 5.32 Å². The summed E-state index contributed by atoms with van der Waals surface area (Å²) < 4.78 is 0. The number of hydrogen-bond acceptors (Lipinski definition) is 2. The van der Waals surface area contributed by atoms with Gasteiger partial charge in [0.15, 0.2) is 0 Å². The fourth-order valence-corrected chi connectivity index (χ4v) is 3.47. The second kappa shape index (κ2) is 7.38. The summed E-state index contributed by atoms with van der Waals surface area (Å²) in [7, 11) is 0. The van der Waals surface area contributed by atoms with E-state index in [-0.39, 0.29) is 6.10 Å². The molecule has 2 atom stereocenters. The molecule has 2 fully saturated rings. The molecule has 0 radical (unpaired) electrons. The van der Waals surface area contributed by atoms with Crippen LogP contribution in [0.2, 0.25) is 0 Å². The SMILES string of the molecule is OC1CCCC1CNCC1CCCCCCC1. The van der Waals surface area contributed by atoms with Crippen molar-refractivity contribution in [3.05, 3.63) is 0 Å². The van der Waals surface area contributed by atoms with E-state index < -0.39 is 0 Å². The Labute approximate surface area is 106 Å². The highest BCUT2D eigenvalue weighted by Gasteiger charge is 2.24. The molecule has 2 unspecified atom stereocenters. The van der Waals surface area contributed by atoms with Crippen LogP contribution in [0.25, 0.3) is 0 Å². The highest BCUT2D eigenvalue weighted by atomic mass is 16.3. The summed E-state index contributed by atoms with van der Waals surface area (Å²) in [5.41, 5.74) is 0. The smallest absolute Gasteiger partial charge is 0.0580 e. The molecule has 100 valence electrons. The van der Waals surface area contributed by atoms with Crippen LogP contribution in [-0.4, -0.2) is 24.3 Å². The largest absolute Gasteiger partial charge is 0.393 e. The standard InChI is InChI=1S/C15H29NO/c17-15-10-6-9-14(15)12-16-11-13-7-4-2-1-3-5-8-13/h13-17H,1-12H2. The number of hydrogen-bond donors (Lipinski definition) is 2. The van der Waals surface area contributed by atoms with Gasteiger partial charge in [-0.25, -0.2) is 0 Å². The maximum absolute atomic E-state index is 9.77. The van der Waals surface area contributed by atoms with Crippen molar-refractivity contribution in [2.24, 2.45) is 11.8 Å². The summed E-state index contributed by atoms with van der Waals surface area (Å²) in [5.74, 6) is 1.43. The van der Waals surface area contributed by atoms with Crippen LogP contribution in [0.15, 0.2) is 0 Å². The first-order chi connectivity index (χ1) is 8.36. The summed E-state index contributed by atoms with van der Waals surface area (Å²) in [6.07, 6.45) is 13.5. The average Bonchev–Trinajstić information content (AvgIpc) is 2.67. The quantitative estimate of drug-likeness (QED) is 0.790. The molecule has 0 amide bonds. The topological polar surface area (TPSA) is 32.3 Å². The highest BCUT2D eigenvalue weighted by molar-refractivity contribution is 4.78. The van der Waals surface area contributed by atoms with Crippen LogP contribution < -0.4 is 5.32 Å². The molecule has 2 aliphatic rings. The van der Waals surface area contributed by atoms with Crippen molar-refractivity contribution < 1.29 is 5.11 Å². The maximum atomic E-state index is 9.77. The predicted octanol–water partition coefficient (Wildman–Crippen LogP) is 3.10. The molecule has 2 heteroatoms. The summed E-state index contributed by atoms with van der Waals surface area (Å²) in [6, 6.07) is 0. The fourth-order valence-electron chi connectivity index (χ4n) is 3.47. The van der Waals surface area contributed by atoms with Crippen molar-refractivity contribution in [1.82, 2.24) is 5.32 Å². The van der Waals surface area contributed by atoms with E-state index in [9.17, 15) is 5.11 Å². The minimum absolute atomic E-state index is 0.0279. The molecule has 0 aliphatic heterocycles. The Morgan fingerprint density at radius 2 is 1.47 bits per heavy atom. The predicted molar refractivity (Wildman–Crippen MR) is 72.0 cm³/mol. The van der Waals surface area contributed by atoms with E-state index in [0.717, 1.165) is 18.9 Å². The van der Waals surface area contributed by atoms with Gasteiger partial charge in [0.1, 0.15) is 0 Å². The molecule has 0 heterocycles. The number of aliphatic hydroxyl groups excluding tert-OH is 1. The van der Waals surface area contributed by atoms with E-state index in [1.54, 1.807) is 0 Å². The normalized spacial score (nSPS) is 32.3. The Bertz CT molecular complexity index is 199. The molecule has 0 aromatic carbocycles. The lowest BCUT2D eigenvalue weighted by molar-refractivity contribution is 0.130. The third kappa shape index (κ3) is 4.59. The van der Waals surface area contributed by atoms with Gasteiger partial charge in [-0.3, -0.25) is 0 Å². The zero-order chi connectivity index (χ0) is 11.9. The fraction of sp³-hybridized carbons (Fsp3) is 1.00. The van der Waals surface area contributed by atoms with E-state index in [1.165, 1.54) is 64.3 Å². The third-order valence-corrected chi connectivity index (χ3v) is 4.68. The van der Waals surface area contributed by atoms with Crippen LogP contribution in [0, 0.1) is 11.8 Å². The van der Waals surface area contributed by atoms with E-state index >= 15 is 0 Å². The first-order valence-electron chi connectivity index (χ1n) is 7.75. The van der Waals surface area contributed by atoms with Gasteiger partial charge in [0, 0.05) is 6.54 Å². The number of aliphatic hydroxyl groups is 1. The third-order valence-electron chi connectivity index (χ3n) is 4.68. The minimum atomic E-state index is -0.0279. The van der Waals surface area contributed by atoms with Crippen molar-refractivity contribution in [3.63, 3.8) is 0 Å². The zero-order valence-corrected chi connectivity index (χ0v) is 11.2. The van der Waals surface area contributed by atoms with Crippen LogP contribution in [0.1, 0.15) is 64.2 Å². The summed E-state index contributed by atoms with van der Waals surface area (Å²) in [5, 5.41) is 13.4. The Kier molecular flexibility index (Phi) is 5.79. The average molecular weight is 239 g/mol. The minimum Gasteiger partial charge on any atom is -0.393 e. The Hall–Kier alpha value is -0.0800. The molecule has 0 spiro atoms. The lowest BCUT2D eigenvalue weighted by Gasteiger charge is -2.22. The van der Waals surface area contributed by atoms with Gasteiger partial charge in [-0.1, -0.05) is 38.5 Å². The van der Waals surface area contributed by atoms with Crippen molar-refractivity contribution >= 4 is 0 Å². The van der Waals surface area contributed by atoms with Gasteiger partial charge in [0.05, 0.1) is 6.10 Å². The molecule has 2 saturated carbocycles. The molecule has 2 aliphatic carbocycles. The highest BCUT2D eigenvalue weighted by Crippen LogP contribution is 2.25. The lowest BCUT2D eigenvalue weighted by atomic mass is 9.91. The second-order valence-corrected chi connectivity index (χ2v) is 6.13. The van der Waals surface area contributed by atoms with Gasteiger partial charge in [-0.05, 0) is 44.1 Å². The number of nitrogens with one attached hydrogen (secondary N) is 1. The first-order valence-corrected chi connectivity index (χ1v) is 7.75. The number of rotatable bonds is 4.